The van der Waals surface area contributed by atoms with Gasteiger partial charge in [-0.3, -0.25) is 19.7 Å². The highest BCUT2D eigenvalue weighted by atomic mass is 19.1. The summed E-state index contributed by atoms with van der Waals surface area (Å²) in [5, 5.41) is 13.4. The van der Waals surface area contributed by atoms with Crippen molar-refractivity contribution in [3.05, 3.63) is 70.0 Å². The average Bonchev–Trinajstić information content (AvgIpc) is 2.98. The van der Waals surface area contributed by atoms with Crippen LogP contribution in [0.1, 0.15) is 12.0 Å². The molecule has 1 fully saturated rings. The van der Waals surface area contributed by atoms with Crippen LogP contribution in [-0.2, 0) is 16.1 Å². The van der Waals surface area contributed by atoms with E-state index in [1.54, 1.807) is 23.1 Å². The van der Waals surface area contributed by atoms with Crippen LogP contribution in [0.3, 0.4) is 0 Å². The van der Waals surface area contributed by atoms with Crippen molar-refractivity contribution in [2.75, 3.05) is 11.9 Å². The Hall–Kier alpha value is -3.29. The van der Waals surface area contributed by atoms with Crippen molar-refractivity contribution < 1.29 is 18.9 Å². The first-order chi connectivity index (χ1) is 12.4. The summed E-state index contributed by atoms with van der Waals surface area (Å²) >= 11 is 0. The van der Waals surface area contributed by atoms with E-state index in [0.717, 1.165) is 5.56 Å². The Morgan fingerprint density at radius 3 is 2.69 bits per heavy atom. The number of non-ortho nitro benzene ring substituents is 1. The molecule has 0 aromatic heterocycles. The summed E-state index contributed by atoms with van der Waals surface area (Å²) in [5.41, 5.74) is 0.969. The number of halogens is 1. The van der Waals surface area contributed by atoms with E-state index in [0.29, 0.717) is 12.2 Å². The number of benzene rings is 2. The molecule has 1 N–H and O–H groups in total. The number of anilines is 1. The van der Waals surface area contributed by atoms with Crippen molar-refractivity contribution in [1.82, 2.24) is 4.90 Å². The molecule has 2 aromatic carbocycles. The van der Waals surface area contributed by atoms with Crippen molar-refractivity contribution in [1.29, 1.82) is 0 Å². The van der Waals surface area contributed by atoms with Crippen LogP contribution >= 0.6 is 0 Å². The fraction of sp³-hybridized carbons (Fsp3) is 0.222. The van der Waals surface area contributed by atoms with E-state index in [9.17, 15) is 24.1 Å². The Morgan fingerprint density at radius 1 is 1.27 bits per heavy atom. The first kappa shape index (κ1) is 17.5. The van der Waals surface area contributed by atoms with E-state index >= 15 is 0 Å². The summed E-state index contributed by atoms with van der Waals surface area (Å²) in [6.07, 6.45) is 0.0714. The van der Waals surface area contributed by atoms with Crippen LogP contribution in [-0.4, -0.2) is 28.2 Å². The maximum absolute atomic E-state index is 13.0. The zero-order chi connectivity index (χ0) is 18.7. The lowest BCUT2D eigenvalue weighted by Gasteiger charge is -2.16. The van der Waals surface area contributed by atoms with Gasteiger partial charge in [-0.15, -0.1) is 0 Å². The fourth-order valence-corrected chi connectivity index (χ4v) is 2.85. The molecule has 26 heavy (non-hydrogen) atoms. The van der Waals surface area contributed by atoms with Gasteiger partial charge in [-0.25, -0.2) is 4.39 Å². The average molecular weight is 357 g/mol. The van der Waals surface area contributed by atoms with Crippen LogP contribution in [0.5, 0.6) is 0 Å². The quantitative estimate of drug-likeness (QED) is 0.658. The highest BCUT2D eigenvalue weighted by Crippen LogP contribution is 2.23. The molecule has 1 heterocycles. The Kier molecular flexibility index (Phi) is 4.92. The van der Waals surface area contributed by atoms with Gasteiger partial charge in [0, 0.05) is 37.3 Å². The minimum atomic E-state index is -0.542. The largest absolute Gasteiger partial charge is 0.338 e. The summed E-state index contributed by atoms with van der Waals surface area (Å²) in [5.74, 6) is -1.41. The molecule has 0 aliphatic carbocycles. The highest BCUT2D eigenvalue weighted by molar-refractivity contribution is 5.97. The summed E-state index contributed by atoms with van der Waals surface area (Å²) in [6, 6.07) is 11.5. The maximum Gasteiger partial charge on any atom is 0.271 e. The summed E-state index contributed by atoms with van der Waals surface area (Å²) in [7, 11) is 0. The number of rotatable bonds is 5. The van der Waals surface area contributed by atoms with Crippen LogP contribution in [0.25, 0.3) is 0 Å². The van der Waals surface area contributed by atoms with Gasteiger partial charge in [-0.2, -0.15) is 0 Å². The number of nitro groups is 1. The molecule has 1 saturated heterocycles. The van der Waals surface area contributed by atoms with Crippen molar-refractivity contribution in [2.45, 2.75) is 13.0 Å². The maximum atomic E-state index is 13.0. The lowest BCUT2D eigenvalue weighted by Crippen LogP contribution is -2.28. The first-order valence-corrected chi connectivity index (χ1v) is 8.00. The smallest absolute Gasteiger partial charge is 0.271 e. The number of hydrogen-bond donors (Lipinski definition) is 1. The van der Waals surface area contributed by atoms with Gasteiger partial charge in [-0.1, -0.05) is 18.2 Å². The highest BCUT2D eigenvalue weighted by Gasteiger charge is 2.34. The second-order valence-electron chi connectivity index (χ2n) is 6.10. The lowest BCUT2D eigenvalue weighted by atomic mass is 10.1. The molecule has 1 aliphatic heterocycles. The first-order valence-electron chi connectivity index (χ1n) is 8.00. The van der Waals surface area contributed by atoms with Gasteiger partial charge in [0.05, 0.1) is 10.8 Å². The second-order valence-corrected chi connectivity index (χ2v) is 6.10. The minimum absolute atomic E-state index is 0.0714. The number of nitro benzene ring substituents is 1. The summed E-state index contributed by atoms with van der Waals surface area (Å²) in [6.45, 7) is 0.552. The van der Waals surface area contributed by atoms with E-state index < -0.39 is 10.8 Å². The Balaban J connectivity index is 1.62. The number of hydrogen-bond acceptors (Lipinski definition) is 4. The number of amides is 2. The number of likely N-dealkylation sites (tertiary alicyclic amines) is 1. The molecule has 3 rings (SSSR count). The molecule has 2 amide bonds. The van der Waals surface area contributed by atoms with Gasteiger partial charge < -0.3 is 10.2 Å². The van der Waals surface area contributed by atoms with E-state index in [2.05, 4.69) is 5.32 Å². The molecule has 1 atom stereocenters. The van der Waals surface area contributed by atoms with Crippen molar-refractivity contribution in [3.63, 3.8) is 0 Å². The fourth-order valence-electron chi connectivity index (χ4n) is 2.85. The Morgan fingerprint density at radius 2 is 2.00 bits per heavy atom. The predicted molar refractivity (Wildman–Crippen MR) is 91.7 cm³/mol. The van der Waals surface area contributed by atoms with E-state index in [4.69, 9.17) is 0 Å². The third-order valence-corrected chi connectivity index (χ3v) is 4.20. The van der Waals surface area contributed by atoms with Gasteiger partial charge in [0.15, 0.2) is 0 Å². The SMILES string of the molecule is O=C(Nc1cccc([N+](=O)[O-])c1)C1CC(=O)N(Cc2ccc(F)cc2)C1. The summed E-state index contributed by atoms with van der Waals surface area (Å²) < 4.78 is 13.0. The molecule has 7 nitrogen and oxygen atoms in total. The van der Waals surface area contributed by atoms with Gasteiger partial charge in [0.1, 0.15) is 5.82 Å². The van der Waals surface area contributed by atoms with Gasteiger partial charge >= 0.3 is 0 Å². The van der Waals surface area contributed by atoms with Gasteiger partial charge in [0.2, 0.25) is 11.8 Å². The number of carbonyl (C=O) groups excluding carboxylic acids is 2. The Labute approximate surface area is 148 Å². The van der Waals surface area contributed by atoms with Crippen LogP contribution in [0.2, 0.25) is 0 Å². The topological polar surface area (TPSA) is 92.5 Å². The molecular formula is C18H16FN3O4. The van der Waals surface area contributed by atoms with E-state index in [1.165, 1.54) is 30.3 Å². The molecule has 134 valence electrons. The molecule has 0 bridgehead atoms. The van der Waals surface area contributed by atoms with E-state index in [-0.39, 0.29) is 36.3 Å². The van der Waals surface area contributed by atoms with Crippen molar-refractivity contribution >= 4 is 23.2 Å². The molecular weight excluding hydrogens is 341 g/mol. The van der Waals surface area contributed by atoms with Gasteiger partial charge in [-0.05, 0) is 23.8 Å². The number of nitrogens with one attached hydrogen (secondary N) is 1. The third kappa shape index (κ3) is 4.02. The minimum Gasteiger partial charge on any atom is -0.338 e. The third-order valence-electron chi connectivity index (χ3n) is 4.20. The van der Waals surface area contributed by atoms with Crippen LogP contribution in [0, 0.1) is 21.8 Å². The molecule has 1 unspecified atom stereocenters. The van der Waals surface area contributed by atoms with Crippen LogP contribution < -0.4 is 5.32 Å². The second kappa shape index (κ2) is 7.30. The molecule has 8 heteroatoms. The molecule has 0 saturated carbocycles. The lowest BCUT2D eigenvalue weighted by molar-refractivity contribution is -0.384. The standard InChI is InChI=1S/C18H16FN3O4/c19-14-6-4-12(5-7-14)10-21-11-13(8-17(21)23)18(24)20-15-2-1-3-16(9-15)22(25)26/h1-7,9,13H,8,10-11H2,(H,20,24). The molecule has 1 aliphatic rings. The van der Waals surface area contributed by atoms with Crippen molar-refractivity contribution in [2.24, 2.45) is 5.92 Å². The number of nitrogens with zero attached hydrogens (tertiary/aromatic N) is 2. The zero-order valence-corrected chi connectivity index (χ0v) is 13.7. The zero-order valence-electron chi connectivity index (χ0n) is 13.7. The predicted octanol–water partition coefficient (Wildman–Crippen LogP) is 2.72. The monoisotopic (exact) mass is 357 g/mol. The molecule has 0 spiro atoms. The normalized spacial score (nSPS) is 16.6. The molecule has 0 radical (unpaired) electrons. The summed E-state index contributed by atoms with van der Waals surface area (Å²) in [4.78, 5) is 36.3. The Bertz CT molecular complexity index is 854. The molecule has 2 aromatic rings. The van der Waals surface area contributed by atoms with Gasteiger partial charge in [0.25, 0.3) is 5.69 Å². The number of carbonyl (C=O) groups is 2. The van der Waals surface area contributed by atoms with Crippen molar-refractivity contribution in [3.8, 4) is 0 Å². The van der Waals surface area contributed by atoms with E-state index in [1.807, 2.05) is 0 Å². The van der Waals surface area contributed by atoms with Crippen LogP contribution in [0.15, 0.2) is 48.5 Å². The van der Waals surface area contributed by atoms with Crippen LogP contribution in [0.4, 0.5) is 15.8 Å².